The first-order chi connectivity index (χ1) is 12.0. The number of aromatic amines is 1. The molecule has 3 N–H and O–H groups in total. The number of aliphatic carboxylic acids is 1. The number of hydrogen-bond acceptors (Lipinski definition) is 3. The van der Waals surface area contributed by atoms with Gasteiger partial charge in [-0.05, 0) is 39.7 Å². The Morgan fingerprint density at radius 1 is 1.28 bits per heavy atom. The minimum Gasteiger partial charge on any atom is -0.506 e. The molecule has 3 aromatic rings. The number of carboxylic acids is 1. The van der Waals surface area contributed by atoms with Crippen LogP contribution in [0, 0.1) is 0 Å². The maximum atomic E-state index is 11.6. The number of carbonyl (C=O) groups is 1. The summed E-state index contributed by atoms with van der Waals surface area (Å²) in [6.07, 6.45) is 3.45. The summed E-state index contributed by atoms with van der Waals surface area (Å²) in [5, 5.41) is 20.5. The topological polar surface area (TPSA) is 85.7 Å². The highest BCUT2D eigenvalue weighted by Crippen LogP contribution is 2.30. The molecule has 3 rings (SSSR count). The molecule has 1 aromatic heterocycles. The van der Waals surface area contributed by atoms with Crippen molar-refractivity contribution >= 4 is 54.9 Å². The second-order valence-corrected chi connectivity index (χ2v) is 7.29. The van der Waals surface area contributed by atoms with Crippen LogP contribution >= 0.6 is 31.9 Å². The molecule has 0 amide bonds. The van der Waals surface area contributed by atoms with Gasteiger partial charge in [0.15, 0.2) is 6.04 Å². The molecule has 0 bridgehead atoms. The predicted octanol–water partition coefficient (Wildman–Crippen LogP) is 4.51. The van der Waals surface area contributed by atoms with Crippen molar-refractivity contribution in [3.05, 3.63) is 62.7 Å². The zero-order chi connectivity index (χ0) is 18.0. The number of benzene rings is 2. The van der Waals surface area contributed by atoms with Gasteiger partial charge in [0.25, 0.3) is 0 Å². The third kappa shape index (κ3) is 3.93. The van der Waals surface area contributed by atoms with E-state index in [9.17, 15) is 15.0 Å². The lowest BCUT2D eigenvalue weighted by molar-refractivity contribution is -0.138. The van der Waals surface area contributed by atoms with Gasteiger partial charge < -0.3 is 15.2 Å². The van der Waals surface area contributed by atoms with E-state index >= 15 is 0 Å². The van der Waals surface area contributed by atoms with Gasteiger partial charge >= 0.3 is 5.97 Å². The third-order valence-corrected chi connectivity index (χ3v) is 4.89. The van der Waals surface area contributed by atoms with Gasteiger partial charge in [-0.1, -0.05) is 34.1 Å². The van der Waals surface area contributed by atoms with Gasteiger partial charge in [0.05, 0.1) is 4.47 Å². The minimum absolute atomic E-state index is 0.0168. The maximum Gasteiger partial charge on any atom is 0.328 e. The molecule has 0 unspecified atom stereocenters. The molecule has 0 saturated heterocycles. The van der Waals surface area contributed by atoms with Gasteiger partial charge in [-0.3, -0.25) is 4.99 Å². The summed E-state index contributed by atoms with van der Waals surface area (Å²) in [6, 6.07) is 10.1. The van der Waals surface area contributed by atoms with Gasteiger partial charge in [-0.2, -0.15) is 0 Å². The van der Waals surface area contributed by atoms with E-state index in [0.29, 0.717) is 10.0 Å². The number of nitrogens with one attached hydrogen (secondary N) is 1. The number of rotatable bonds is 5. The first-order valence-corrected chi connectivity index (χ1v) is 9.03. The molecular formula is C18H14Br2N2O3. The normalized spacial score (nSPS) is 12.7. The molecule has 1 heterocycles. The first-order valence-electron chi connectivity index (χ1n) is 7.44. The second-order valence-electron chi connectivity index (χ2n) is 5.52. The lowest BCUT2D eigenvalue weighted by Gasteiger charge is -2.08. The zero-order valence-corrected chi connectivity index (χ0v) is 16.1. The molecule has 0 spiro atoms. The van der Waals surface area contributed by atoms with Crippen LogP contribution in [0.25, 0.3) is 10.9 Å². The van der Waals surface area contributed by atoms with Crippen LogP contribution in [0.3, 0.4) is 0 Å². The molecule has 1 atom stereocenters. The fourth-order valence-electron chi connectivity index (χ4n) is 2.57. The number of hydrogen-bond donors (Lipinski definition) is 3. The molecule has 5 nitrogen and oxygen atoms in total. The number of aromatic nitrogens is 1. The Balaban J connectivity index is 1.89. The zero-order valence-electron chi connectivity index (χ0n) is 12.9. The van der Waals surface area contributed by atoms with Gasteiger partial charge in [-0.15, -0.1) is 0 Å². The molecule has 2 aromatic carbocycles. The van der Waals surface area contributed by atoms with E-state index in [0.717, 1.165) is 20.9 Å². The lowest BCUT2D eigenvalue weighted by Crippen LogP contribution is -2.20. The number of para-hydroxylation sites is 1. The van der Waals surface area contributed by atoms with E-state index in [1.165, 1.54) is 6.21 Å². The summed E-state index contributed by atoms with van der Waals surface area (Å²) in [5.41, 5.74) is 2.28. The van der Waals surface area contributed by atoms with Crippen LogP contribution in [-0.2, 0) is 11.2 Å². The third-order valence-electron chi connectivity index (χ3n) is 3.82. The van der Waals surface area contributed by atoms with E-state index in [2.05, 4.69) is 41.8 Å². The summed E-state index contributed by atoms with van der Waals surface area (Å²) in [7, 11) is 0. The van der Waals surface area contributed by atoms with Crippen molar-refractivity contribution < 1.29 is 15.0 Å². The van der Waals surface area contributed by atoms with E-state index < -0.39 is 12.0 Å². The lowest BCUT2D eigenvalue weighted by atomic mass is 10.1. The Bertz CT molecular complexity index is 966. The number of aromatic hydroxyl groups is 1. The van der Waals surface area contributed by atoms with E-state index in [4.69, 9.17) is 0 Å². The smallest absolute Gasteiger partial charge is 0.328 e. The summed E-state index contributed by atoms with van der Waals surface area (Å²) >= 11 is 6.58. The highest BCUT2D eigenvalue weighted by Gasteiger charge is 2.18. The van der Waals surface area contributed by atoms with Crippen LogP contribution in [0.2, 0.25) is 0 Å². The van der Waals surface area contributed by atoms with Crippen molar-refractivity contribution in [2.75, 3.05) is 0 Å². The second kappa shape index (κ2) is 7.41. The summed E-state index contributed by atoms with van der Waals surface area (Å²) < 4.78 is 1.26. The number of carboxylic acid groups (broad SMARTS) is 1. The minimum atomic E-state index is -1.02. The Kier molecular flexibility index (Phi) is 5.24. The highest BCUT2D eigenvalue weighted by molar-refractivity contribution is 9.11. The number of aliphatic imine (C=N–C) groups is 1. The Morgan fingerprint density at radius 2 is 2.04 bits per heavy atom. The molecule has 128 valence electrons. The Hall–Kier alpha value is -2.12. The summed E-state index contributed by atoms with van der Waals surface area (Å²) in [5.74, 6) is -1.00. The van der Waals surface area contributed by atoms with Gasteiger partial charge in [0.2, 0.25) is 0 Å². The highest BCUT2D eigenvalue weighted by atomic mass is 79.9. The molecular weight excluding hydrogens is 452 g/mol. The van der Waals surface area contributed by atoms with E-state index in [1.807, 2.05) is 30.5 Å². The van der Waals surface area contributed by atoms with Gasteiger partial charge in [-0.25, -0.2) is 4.79 Å². The van der Waals surface area contributed by atoms with Crippen LogP contribution in [0.5, 0.6) is 5.75 Å². The van der Waals surface area contributed by atoms with Crippen LogP contribution in [0.15, 0.2) is 56.5 Å². The summed E-state index contributed by atoms with van der Waals surface area (Å²) in [4.78, 5) is 18.9. The Labute approximate surface area is 160 Å². The standard InChI is InChI=1S/C18H14Br2N2O3/c19-12-5-11(17(23)14(20)7-12)9-22-16(18(24)25)6-10-8-21-15-4-2-1-3-13(10)15/h1-5,7-9,16,21,23H,6H2,(H,24,25)/t16-/m0/s1. The largest absolute Gasteiger partial charge is 0.506 e. The van der Waals surface area contributed by atoms with Gasteiger partial charge in [0, 0.05) is 39.8 Å². The van der Waals surface area contributed by atoms with E-state index in [-0.39, 0.29) is 12.2 Å². The fraction of sp³-hybridized carbons (Fsp3) is 0.111. The number of nitrogens with zero attached hydrogens (tertiary/aromatic N) is 1. The predicted molar refractivity (Wildman–Crippen MR) is 105 cm³/mol. The molecule has 0 saturated carbocycles. The van der Waals surface area contributed by atoms with E-state index in [1.54, 1.807) is 12.1 Å². The molecule has 0 aliphatic carbocycles. The number of H-pyrrole nitrogens is 1. The van der Waals surface area contributed by atoms with Crippen LogP contribution < -0.4 is 0 Å². The average molecular weight is 466 g/mol. The molecule has 7 heteroatoms. The Morgan fingerprint density at radius 3 is 2.80 bits per heavy atom. The van der Waals surface area contributed by atoms with Crippen LogP contribution in [0.1, 0.15) is 11.1 Å². The van der Waals surface area contributed by atoms with Crippen LogP contribution in [0.4, 0.5) is 0 Å². The number of phenols is 1. The monoisotopic (exact) mass is 464 g/mol. The molecule has 0 fully saturated rings. The average Bonchev–Trinajstić information content (AvgIpc) is 2.98. The quantitative estimate of drug-likeness (QED) is 0.484. The summed E-state index contributed by atoms with van der Waals surface area (Å²) in [6.45, 7) is 0. The molecule has 0 radical (unpaired) electrons. The maximum absolute atomic E-state index is 11.6. The van der Waals surface area contributed by atoms with Crippen molar-refractivity contribution in [2.45, 2.75) is 12.5 Å². The number of halogens is 2. The van der Waals surface area contributed by atoms with Crippen molar-refractivity contribution in [3.63, 3.8) is 0 Å². The van der Waals surface area contributed by atoms with Crippen molar-refractivity contribution in [1.82, 2.24) is 4.98 Å². The number of fused-ring (bicyclic) bond motifs is 1. The molecule has 0 aliphatic rings. The fourth-order valence-corrected chi connectivity index (χ4v) is 3.83. The van der Waals surface area contributed by atoms with Crippen molar-refractivity contribution in [2.24, 2.45) is 4.99 Å². The SMILES string of the molecule is O=C(O)[C@H](Cc1c[nH]c2ccccc12)N=Cc1cc(Br)cc(Br)c1O. The van der Waals surface area contributed by atoms with Gasteiger partial charge in [0.1, 0.15) is 5.75 Å². The van der Waals surface area contributed by atoms with Crippen LogP contribution in [-0.4, -0.2) is 33.4 Å². The molecule has 25 heavy (non-hydrogen) atoms. The van der Waals surface area contributed by atoms with Crippen molar-refractivity contribution in [1.29, 1.82) is 0 Å². The molecule has 0 aliphatic heterocycles. The van der Waals surface area contributed by atoms with Crippen molar-refractivity contribution in [3.8, 4) is 5.75 Å². The first kappa shape index (κ1) is 17.7. The number of phenolic OH excluding ortho intramolecular Hbond substituents is 1.